The molecule has 0 aliphatic heterocycles. The molecule has 1 rings (SSSR count). The first-order valence-corrected chi connectivity index (χ1v) is 6.06. The van der Waals surface area contributed by atoms with Crippen LogP contribution in [-0.4, -0.2) is 35.6 Å². The molecule has 0 saturated carbocycles. The van der Waals surface area contributed by atoms with E-state index in [1.54, 1.807) is 0 Å². The Balaban J connectivity index is 2.90. The van der Waals surface area contributed by atoms with E-state index in [1.807, 2.05) is 6.92 Å². The molecule has 0 spiro atoms. The van der Waals surface area contributed by atoms with Crippen LogP contribution in [0.4, 0.5) is 10.1 Å². The molecule has 0 heterocycles. The maximum Gasteiger partial charge on any atom is 0.256 e. The molecule has 18 heavy (non-hydrogen) atoms. The SMILES string of the molecule is CCCCN(CCO)C(=O)c1cccc(F)c1N. The second-order valence-electron chi connectivity index (χ2n) is 4.07. The van der Waals surface area contributed by atoms with Gasteiger partial charge in [0.2, 0.25) is 0 Å². The van der Waals surface area contributed by atoms with Gasteiger partial charge in [-0.3, -0.25) is 4.79 Å². The van der Waals surface area contributed by atoms with Gasteiger partial charge in [0.05, 0.1) is 17.9 Å². The molecular formula is C13H19FN2O2. The van der Waals surface area contributed by atoms with Crippen molar-refractivity contribution in [2.45, 2.75) is 19.8 Å². The number of nitrogens with zero attached hydrogens (tertiary/aromatic N) is 1. The van der Waals surface area contributed by atoms with Crippen LogP contribution in [0, 0.1) is 5.82 Å². The van der Waals surface area contributed by atoms with Gasteiger partial charge in [0.1, 0.15) is 5.82 Å². The van der Waals surface area contributed by atoms with Gasteiger partial charge in [-0.1, -0.05) is 19.4 Å². The molecule has 0 atom stereocenters. The summed E-state index contributed by atoms with van der Waals surface area (Å²) >= 11 is 0. The highest BCUT2D eigenvalue weighted by Crippen LogP contribution is 2.18. The summed E-state index contributed by atoms with van der Waals surface area (Å²) in [7, 11) is 0. The number of nitrogens with two attached hydrogens (primary N) is 1. The molecule has 3 N–H and O–H groups in total. The van der Waals surface area contributed by atoms with Gasteiger partial charge >= 0.3 is 0 Å². The Kier molecular flexibility index (Phi) is 5.58. The van der Waals surface area contributed by atoms with Gasteiger partial charge in [-0.15, -0.1) is 0 Å². The minimum absolute atomic E-state index is 0.120. The Morgan fingerprint density at radius 2 is 2.17 bits per heavy atom. The maximum atomic E-state index is 13.3. The van der Waals surface area contributed by atoms with E-state index in [0.29, 0.717) is 6.54 Å². The van der Waals surface area contributed by atoms with Crippen LogP contribution in [0.3, 0.4) is 0 Å². The minimum atomic E-state index is -0.597. The number of aliphatic hydroxyl groups is 1. The first-order valence-electron chi connectivity index (χ1n) is 6.06. The molecule has 4 nitrogen and oxygen atoms in total. The molecular weight excluding hydrogens is 235 g/mol. The zero-order valence-corrected chi connectivity index (χ0v) is 10.5. The summed E-state index contributed by atoms with van der Waals surface area (Å²) in [5, 5.41) is 8.96. The Bertz CT molecular complexity index is 410. The van der Waals surface area contributed by atoms with Crippen LogP contribution in [0.15, 0.2) is 18.2 Å². The number of hydrogen-bond acceptors (Lipinski definition) is 3. The highest BCUT2D eigenvalue weighted by atomic mass is 19.1. The Morgan fingerprint density at radius 1 is 1.44 bits per heavy atom. The van der Waals surface area contributed by atoms with Crippen LogP contribution in [-0.2, 0) is 0 Å². The Morgan fingerprint density at radius 3 is 2.78 bits per heavy atom. The zero-order valence-electron chi connectivity index (χ0n) is 10.5. The third-order valence-corrected chi connectivity index (χ3v) is 2.72. The summed E-state index contributed by atoms with van der Waals surface area (Å²) in [5.41, 5.74) is 5.58. The van der Waals surface area contributed by atoms with Crippen molar-refractivity contribution < 1.29 is 14.3 Å². The number of carbonyl (C=O) groups is 1. The third kappa shape index (κ3) is 3.43. The lowest BCUT2D eigenvalue weighted by molar-refractivity contribution is 0.0720. The van der Waals surface area contributed by atoms with Crippen LogP contribution in [0.1, 0.15) is 30.1 Å². The van der Waals surface area contributed by atoms with Crippen molar-refractivity contribution in [3.8, 4) is 0 Å². The lowest BCUT2D eigenvalue weighted by atomic mass is 10.1. The maximum absolute atomic E-state index is 13.3. The first kappa shape index (κ1) is 14.4. The Hall–Kier alpha value is -1.62. The standard InChI is InChI=1S/C13H19FN2O2/c1-2-3-7-16(8-9-17)13(18)10-5-4-6-11(14)12(10)15/h4-6,17H,2-3,7-9,15H2,1H3. The quantitative estimate of drug-likeness (QED) is 0.758. The number of halogens is 1. The van der Waals surface area contributed by atoms with Crippen molar-refractivity contribution in [2.24, 2.45) is 0 Å². The number of para-hydroxylation sites is 1. The van der Waals surface area contributed by atoms with E-state index in [4.69, 9.17) is 10.8 Å². The molecule has 0 aliphatic carbocycles. The average Bonchev–Trinajstić information content (AvgIpc) is 2.37. The van der Waals surface area contributed by atoms with Crippen LogP contribution < -0.4 is 5.73 Å². The number of benzene rings is 1. The lowest BCUT2D eigenvalue weighted by Crippen LogP contribution is -2.35. The van der Waals surface area contributed by atoms with E-state index in [2.05, 4.69) is 0 Å². The van der Waals surface area contributed by atoms with E-state index in [1.165, 1.54) is 23.1 Å². The highest BCUT2D eigenvalue weighted by Gasteiger charge is 2.18. The number of aliphatic hydroxyl groups excluding tert-OH is 1. The average molecular weight is 254 g/mol. The molecule has 100 valence electrons. The number of rotatable bonds is 6. The van der Waals surface area contributed by atoms with E-state index in [9.17, 15) is 9.18 Å². The predicted octanol–water partition coefficient (Wildman–Crippen LogP) is 1.64. The summed E-state index contributed by atoms with van der Waals surface area (Å²) in [6.45, 7) is 2.66. The van der Waals surface area contributed by atoms with E-state index < -0.39 is 5.82 Å². The van der Waals surface area contributed by atoms with Gasteiger partial charge in [-0.05, 0) is 18.6 Å². The second kappa shape index (κ2) is 6.96. The number of carbonyl (C=O) groups excluding carboxylic acids is 1. The molecule has 0 radical (unpaired) electrons. The fourth-order valence-electron chi connectivity index (χ4n) is 1.68. The fraction of sp³-hybridized carbons (Fsp3) is 0.462. The lowest BCUT2D eigenvalue weighted by Gasteiger charge is -2.22. The minimum Gasteiger partial charge on any atom is -0.396 e. The van der Waals surface area contributed by atoms with Gasteiger partial charge < -0.3 is 15.7 Å². The first-order chi connectivity index (χ1) is 8.61. The molecule has 0 bridgehead atoms. The summed E-state index contributed by atoms with van der Waals surface area (Å²) in [6, 6.07) is 4.17. The molecule has 1 amide bonds. The smallest absolute Gasteiger partial charge is 0.256 e. The molecule has 0 unspecified atom stereocenters. The van der Waals surface area contributed by atoms with Crippen LogP contribution in [0.25, 0.3) is 0 Å². The molecule has 0 saturated heterocycles. The van der Waals surface area contributed by atoms with Gasteiger partial charge in [-0.25, -0.2) is 4.39 Å². The summed E-state index contributed by atoms with van der Waals surface area (Å²) < 4.78 is 13.3. The fourth-order valence-corrected chi connectivity index (χ4v) is 1.68. The number of anilines is 1. The van der Waals surface area contributed by atoms with Crippen LogP contribution in [0.5, 0.6) is 0 Å². The molecule has 5 heteroatoms. The molecule has 1 aromatic carbocycles. The Labute approximate surface area is 106 Å². The monoisotopic (exact) mass is 254 g/mol. The van der Waals surface area contributed by atoms with Crippen LogP contribution >= 0.6 is 0 Å². The number of unbranched alkanes of at least 4 members (excludes halogenated alkanes) is 1. The largest absolute Gasteiger partial charge is 0.396 e. The van der Waals surface area contributed by atoms with E-state index >= 15 is 0 Å². The summed E-state index contributed by atoms with van der Waals surface area (Å²) in [5.74, 6) is -0.935. The van der Waals surface area contributed by atoms with Crippen molar-refractivity contribution >= 4 is 11.6 Å². The predicted molar refractivity (Wildman–Crippen MR) is 68.7 cm³/mol. The normalized spacial score (nSPS) is 10.4. The topological polar surface area (TPSA) is 66.6 Å². The number of amides is 1. The highest BCUT2D eigenvalue weighted by molar-refractivity contribution is 5.99. The van der Waals surface area contributed by atoms with Gasteiger partial charge in [-0.2, -0.15) is 0 Å². The van der Waals surface area contributed by atoms with Crippen molar-refractivity contribution in [1.29, 1.82) is 0 Å². The van der Waals surface area contributed by atoms with E-state index in [-0.39, 0.29) is 30.3 Å². The third-order valence-electron chi connectivity index (χ3n) is 2.72. The zero-order chi connectivity index (χ0) is 13.5. The van der Waals surface area contributed by atoms with Crippen molar-refractivity contribution in [1.82, 2.24) is 4.90 Å². The second-order valence-corrected chi connectivity index (χ2v) is 4.07. The van der Waals surface area contributed by atoms with Crippen molar-refractivity contribution in [2.75, 3.05) is 25.4 Å². The van der Waals surface area contributed by atoms with Gasteiger partial charge in [0.15, 0.2) is 0 Å². The number of nitrogen functional groups attached to an aromatic ring is 1. The molecule has 1 aromatic rings. The summed E-state index contributed by atoms with van der Waals surface area (Å²) in [4.78, 5) is 13.7. The van der Waals surface area contributed by atoms with E-state index in [0.717, 1.165) is 12.8 Å². The van der Waals surface area contributed by atoms with Gasteiger partial charge in [0, 0.05) is 13.1 Å². The molecule has 0 aliphatic rings. The molecule has 0 fully saturated rings. The van der Waals surface area contributed by atoms with Gasteiger partial charge in [0.25, 0.3) is 5.91 Å². The van der Waals surface area contributed by atoms with Crippen LogP contribution in [0.2, 0.25) is 0 Å². The summed E-state index contributed by atoms with van der Waals surface area (Å²) in [6.07, 6.45) is 1.77. The van der Waals surface area contributed by atoms with Crippen molar-refractivity contribution in [3.05, 3.63) is 29.6 Å². The molecule has 0 aromatic heterocycles. The van der Waals surface area contributed by atoms with Crippen molar-refractivity contribution in [3.63, 3.8) is 0 Å². The number of hydrogen-bond donors (Lipinski definition) is 2.